The molecule has 1 aliphatic carbocycles. The van der Waals surface area contributed by atoms with Gasteiger partial charge in [0.25, 0.3) is 0 Å². The number of hydrogen-bond donors (Lipinski definition) is 1. The van der Waals surface area contributed by atoms with Crippen molar-refractivity contribution in [1.29, 1.82) is 0 Å². The Morgan fingerprint density at radius 3 is 2.52 bits per heavy atom. The fraction of sp³-hybridized carbons (Fsp3) is 0.524. The molecule has 3 rings (SSSR count). The minimum atomic E-state index is 0.174. The normalized spacial score (nSPS) is 15.3. The molecule has 1 N–H and O–H groups in total. The number of nitrogens with one attached hydrogen (secondary N) is 1. The van der Waals surface area contributed by atoms with Gasteiger partial charge in [-0.05, 0) is 62.8 Å². The monoisotopic (exact) mass is 339 g/mol. The van der Waals surface area contributed by atoms with Crippen LogP contribution in [0.15, 0.2) is 30.3 Å². The first-order chi connectivity index (χ1) is 12.1. The number of nitrogens with zero attached hydrogens (tertiary/aromatic N) is 2. The predicted molar refractivity (Wildman–Crippen MR) is 101 cm³/mol. The van der Waals surface area contributed by atoms with Gasteiger partial charge >= 0.3 is 0 Å². The van der Waals surface area contributed by atoms with Crippen molar-refractivity contribution >= 4 is 5.91 Å². The molecular formula is C21H29N3O. The lowest BCUT2D eigenvalue weighted by atomic mass is 9.89. The number of aryl methyl sites for hydroxylation is 3. The van der Waals surface area contributed by atoms with E-state index in [0.717, 1.165) is 30.0 Å². The summed E-state index contributed by atoms with van der Waals surface area (Å²) in [5, 5.41) is 7.62. The highest BCUT2D eigenvalue weighted by atomic mass is 16.1. The Hall–Kier alpha value is -2.10. The van der Waals surface area contributed by atoms with E-state index in [1.807, 2.05) is 11.6 Å². The zero-order valence-corrected chi connectivity index (χ0v) is 15.4. The molecule has 1 aliphatic rings. The van der Waals surface area contributed by atoms with Gasteiger partial charge in [-0.3, -0.25) is 4.79 Å². The molecule has 0 spiro atoms. The number of aromatic nitrogens is 2. The number of amides is 1. The Labute approximate surface area is 150 Å². The lowest BCUT2D eigenvalue weighted by Gasteiger charge is -2.21. The van der Waals surface area contributed by atoms with Gasteiger partial charge in [-0.25, -0.2) is 4.68 Å². The molecule has 4 heteroatoms. The highest BCUT2D eigenvalue weighted by molar-refractivity contribution is 5.76. The van der Waals surface area contributed by atoms with Crippen LogP contribution in [0.5, 0.6) is 0 Å². The molecule has 0 unspecified atom stereocenters. The molecule has 1 aromatic carbocycles. The Morgan fingerprint density at radius 2 is 1.88 bits per heavy atom. The molecule has 0 bridgehead atoms. The first kappa shape index (κ1) is 17.7. The van der Waals surface area contributed by atoms with Crippen LogP contribution in [0.1, 0.15) is 55.5 Å². The second-order valence-corrected chi connectivity index (χ2v) is 7.31. The molecule has 0 saturated heterocycles. The van der Waals surface area contributed by atoms with Crippen molar-refractivity contribution in [2.45, 2.75) is 58.8 Å². The maximum absolute atomic E-state index is 12.1. The maximum atomic E-state index is 12.1. The fourth-order valence-electron chi connectivity index (χ4n) is 3.69. The van der Waals surface area contributed by atoms with Crippen LogP contribution in [0.3, 0.4) is 0 Å². The quantitative estimate of drug-likeness (QED) is 0.860. The van der Waals surface area contributed by atoms with Crippen LogP contribution in [0.2, 0.25) is 0 Å². The van der Waals surface area contributed by atoms with Crippen molar-refractivity contribution in [3.8, 4) is 5.69 Å². The van der Waals surface area contributed by atoms with Gasteiger partial charge < -0.3 is 5.32 Å². The number of hydrogen-bond acceptors (Lipinski definition) is 2. The summed E-state index contributed by atoms with van der Waals surface area (Å²) in [4.78, 5) is 12.1. The van der Waals surface area contributed by atoms with Crippen LogP contribution >= 0.6 is 0 Å². The largest absolute Gasteiger partial charge is 0.356 e. The molecule has 0 aliphatic heterocycles. The number of carbonyl (C=O) groups is 1. The number of benzene rings is 1. The van der Waals surface area contributed by atoms with Crippen LogP contribution in [0, 0.1) is 19.8 Å². The van der Waals surface area contributed by atoms with E-state index in [1.54, 1.807) is 0 Å². The first-order valence-electron chi connectivity index (χ1n) is 9.51. The summed E-state index contributed by atoms with van der Waals surface area (Å²) in [6.07, 6.45) is 7.89. The molecule has 25 heavy (non-hydrogen) atoms. The zero-order chi connectivity index (χ0) is 17.6. The Morgan fingerprint density at radius 1 is 1.16 bits per heavy atom. The lowest BCUT2D eigenvalue weighted by molar-refractivity contribution is -0.121. The summed E-state index contributed by atoms with van der Waals surface area (Å²) in [5.74, 6) is 0.867. The predicted octanol–water partition coefficient (Wildman–Crippen LogP) is 4.12. The average Bonchev–Trinajstić information content (AvgIpc) is 2.98. The van der Waals surface area contributed by atoms with Gasteiger partial charge in [0.05, 0.1) is 11.4 Å². The van der Waals surface area contributed by atoms with E-state index in [4.69, 9.17) is 0 Å². The van der Waals surface area contributed by atoms with Crippen molar-refractivity contribution in [2.24, 2.45) is 5.92 Å². The van der Waals surface area contributed by atoms with Gasteiger partial charge in [0.2, 0.25) is 5.91 Å². The second-order valence-electron chi connectivity index (χ2n) is 7.31. The summed E-state index contributed by atoms with van der Waals surface area (Å²) < 4.78 is 1.95. The molecule has 1 saturated carbocycles. The van der Waals surface area contributed by atoms with E-state index in [1.165, 1.54) is 37.7 Å². The summed E-state index contributed by atoms with van der Waals surface area (Å²) in [5.41, 5.74) is 4.41. The summed E-state index contributed by atoms with van der Waals surface area (Å²) in [6.45, 7) is 4.92. The van der Waals surface area contributed by atoms with Crippen LogP contribution < -0.4 is 5.32 Å². The maximum Gasteiger partial charge on any atom is 0.220 e. The van der Waals surface area contributed by atoms with Gasteiger partial charge in [0.1, 0.15) is 0 Å². The van der Waals surface area contributed by atoms with Crippen molar-refractivity contribution in [3.05, 3.63) is 47.3 Å². The summed E-state index contributed by atoms with van der Waals surface area (Å²) in [6, 6.07) is 10.4. The molecule has 134 valence electrons. The van der Waals surface area contributed by atoms with Crippen LogP contribution in [0.4, 0.5) is 0 Å². The van der Waals surface area contributed by atoms with E-state index in [0.29, 0.717) is 12.3 Å². The van der Waals surface area contributed by atoms with Gasteiger partial charge in [-0.15, -0.1) is 0 Å². The van der Waals surface area contributed by atoms with Crippen LogP contribution in [-0.2, 0) is 11.2 Å². The van der Waals surface area contributed by atoms with Crippen LogP contribution in [-0.4, -0.2) is 22.2 Å². The first-order valence-corrected chi connectivity index (χ1v) is 9.51. The molecule has 0 radical (unpaired) electrons. The van der Waals surface area contributed by atoms with Crippen molar-refractivity contribution in [2.75, 3.05) is 6.54 Å². The summed E-state index contributed by atoms with van der Waals surface area (Å²) in [7, 11) is 0. The van der Waals surface area contributed by atoms with Gasteiger partial charge in [-0.1, -0.05) is 31.4 Å². The third kappa shape index (κ3) is 4.94. The average molecular weight is 339 g/mol. The van der Waals surface area contributed by atoms with E-state index in [-0.39, 0.29) is 5.91 Å². The Kier molecular flexibility index (Phi) is 5.90. The van der Waals surface area contributed by atoms with Gasteiger partial charge in [0.15, 0.2) is 0 Å². The standard InChI is InChI=1S/C21H29N3O/c1-16-14-17(2)24(23-16)20-11-8-18(9-12-20)10-13-21(25)22-15-19-6-4-3-5-7-19/h8-9,11-12,14,19H,3-7,10,13,15H2,1-2H3,(H,22,25). The lowest BCUT2D eigenvalue weighted by Crippen LogP contribution is -2.30. The highest BCUT2D eigenvalue weighted by Crippen LogP contribution is 2.22. The molecule has 0 atom stereocenters. The van der Waals surface area contributed by atoms with E-state index >= 15 is 0 Å². The van der Waals surface area contributed by atoms with Gasteiger partial charge in [-0.2, -0.15) is 5.10 Å². The van der Waals surface area contributed by atoms with E-state index < -0.39 is 0 Å². The SMILES string of the molecule is Cc1cc(C)n(-c2ccc(CCC(=O)NCC3CCCCC3)cc2)n1. The Bertz CT molecular complexity index is 696. The molecule has 1 fully saturated rings. The summed E-state index contributed by atoms with van der Waals surface area (Å²) >= 11 is 0. The van der Waals surface area contributed by atoms with E-state index in [9.17, 15) is 4.79 Å². The molecule has 4 nitrogen and oxygen atoms in total. The topological polar surface area (TPSA) is 46.9 Å². The molecular weight excluding hydrogens is 310 g/mol. The van der Waals surface area contributed by atoms with Crippen molar-refractivity contribution in [3.63, 3.8) is 0 Å². The molecule has 1 amide bonds. The Balaban J connectivity index is 1.46. The molecule has 2 aromatic rings. The molecule has 1 heterocycles. The number of carbonyl (C=O) groups excluding carboxylic acids is 1. The highest BCUT2D eigenvalue weighted by Gasteiger charge is 2.14. The molecule has 1 aromatic heterocycles. The number of rotatable bonds is 6. The van der Waals surface area contributed by atoms with E-state index in [2.05, 4.69) is 47.7 Å². The second kappa shape index (κ2) is 8.32. The minimum Gasteiger partial charge on any atom is -0.356 e. The van der Waals surface area contributed by atoms with Gasteiger partial charge in [0, 0.05) is 18.7 Å². The van der Waals surface area contributed by atoms with Crippen LogP contribution in [0.25, 0.3) is 5.69 Å². The smallest absolute Gasteiger partial charge is 0.220 e. The van der Waals surface area contributed by atoms with Crippen molar-refractivity contribution < 1.29 is 4.79 Å². The third-order valence-electron chi connectivity index (χ3n) is 5.14. The zero-order valence-electron chi connectivity index (χ0n) is 15.4. The minimum absolute atomic E-state index is 0.174. The third-order valence-corrected chi connectivity index (χ3v) is 5.14. The van der Waals surface area contributed by atoms with Crippen molar-refractivity contribution in [1.82, 2.24) is 15.1 Å². The fourth-order valence-corrected chi connectivity index (χ4v) is 3.69.